The van der Waals surface area contributed by atoms with Crippen LogP contribution in [-0.4, -0.2) is 43.7 Å². The van der Waals surface area contributed by atoms with Crippen LogP contribution in [0.1, 0.15) is 26.7 Å². The second-order valence-corrected chi connectivity index (χ2v) is 3.35. The summed E-state index contributed by atoms with van der Waals surface area (Å²) in [4.78, 5) is 13.2. The van der Waals surface area contributed by atoms with E-state index in [0.29, 0.717) is 19.8 Å². The fourth-order valence-corrected chi connectivity index (χ4v) is 1.17. The summed E-state index contributed by atoms with van der Waals surface area (Å²) in [5, 5.41) is 0. The zero-order chi connectivity index (χ0) is 11.0. The molecule has 0 aliphatic carbocycles. The number of rotatable bonds is 7. The Kier molecular flexibility index (Phi) is 11.6. The van der Waals surface area contributed by atoms with Gasteiger partial charge in [0, 0.05) is 20.2 Å². The lowest BCUT2D eigenvalue weighted by Gasteiger charge is -2.20. The first kappa shape index (κ1) is 17.1. The van der Waals surface area contributed by atoms with Gasteiger partial charge < -0.3 is 15.4 Å². The smallest absolute Gasteiger partial charge is 0.239 e. The highest BCUT2D eigenvalue weighted by molar-refractivity contribution is 5.85. The van der Waals surface area contributed by atoms with Crippen LogP contribution in [0.2, 0.25) is 0 Å². The van der Waals surface area contributed by atoms with E-state index in [0.717, 1.165) is 12.8 Å². The lowest BCUT2D eigenvalue weighted by atomic mass is 10.1. The number of nitrogens with two attached hydrogens (primary N) is 1. The first-order chi connectivity index (χ1) is 6.63. The number of carbonyl (C=O) groups is 1. The molecular formula is C10H23ClN2O2. The summed E-state index contributed by atoms with van der Waals surface area (Å²) < 4.78 is 5.16. The van der Waals surface area contributed by atoms with Crippen LogP contribution < -0.4 is 5.73 Å². The highest BCUT2D eigenvalue weighted by Gasteiger charge is 2.16. The van der Waals surface area contributed by atoms with Gasteiger partial charge in [0.15, 0.2) is 0 Å². The third kappa shape index (κ3) is 7.59. The molecule has 0 saturated heterocycles. The fourth-order valence-electron chi connectivity index (χ4n) is 1.17. The van der Waals surface area contributed by atoms with Gasteiger partial charge in [0.1, 0.15) is 0 Å². The van der Waals surface area contributed by atoms with Crippen molar-refractivity contribution in [2.75, 3.05) is 26.8 Å². The third-order valence-corrected chi connectivity index (χ3v) is 2.07. The van der Waals surface area contributed by atoms with E-state index in [9.17, 15) is 4.79 Å². The summed E-state index contributed by atoms with van der Waals surface area (Å²) in [5.41, 5.74) is 5.70. The van der Waals surface area contributed by atoms with Crippen molar-refractivity contribution in [2.45, 2.75) is 32.7 Å². The van der Waals surface area contributed by atoms with Crippen molar-refractivity contribution in [2.24, 2.45) is 5.73 Å². The molecule has 0 bridgehead atoms. The molecule has 1 atom stereocenters. The van der Waals surface area contributed by atoms with E-state index in [1.165, 1.54) is 0 Å². The van der Waals surface area contributed by atoms with Crippen LogP contribution in [0, 0.1) is 0 Å². The average Bonchev–Trinajstić information content (AvgIpc) is 2.17. The van der Waals surface area contributed by atoms with E-state index in [2.05, 4.69) is 0 Å². The molecule has 1 amide bonds. The van der Waals surface area contributed by atoms with Crippen molar-refractivity contribution < 1.29 is 9.53 Å². The molecule has 0 aromatic carbocycles. The SMILES string of the molecule is CCCC(N)C(=O)N(C)CCOCC.Cl. The largest absolute Gasteiger partial charge is 0.380 e. The Balaban J connectivity index is 0. The van der Waals surface area contributed by atoms with Gasteiger partial charge in [-0.3, -0.25) is 4.79 Å². The molecule has 0 aromatic heterocycles. The fraction of sp³-hybridized carbons (Fsp3) is 0.900. The van der Waals surface area contributed by atoms with Gasteiger partial charge in [0.2, 0.25) is 5.91 Å². The summed E-state index contributed by atoms with van der Waals surface area (Å²) in [6.07, 6.45) is 1.68. The van der Waals surface area contributed by atoms with Crippen molar-refractivity contribution in [3.63, 3.8) is 0 Å². The number of likely N-dealkylation sites (N-methyl/N-ethyl adjacent to an activating group) is 1. The number of carbonyl (C=O) groups excluding carboxylic acids is 1. The molecule has 0 radical (unpaired) electrons. The van der Waals surface area contributed by atoms with Crippen molar-refractivity contribution in [1.29, 1.82) is 0 Å². The monoisotopic (exact) mass is 238 g/mol. The molecular weight excluding hydrogens is 216 g/mol. The van der Waals surface area contributed by atoms with E-state index >= 15 is 0 Å². The third-order valence-electron chi connectivity index (χ3n) is 2.07. The molecule has 0 fully saturated rings. The molecule has 0 saturated carbocycles. The standard InChI is InChI=1S/C10H22N2O2.ClH/c1-4-6-9(11)10(13)12(3)7-8-14-5-2;/h9H,4-8,11H2,1-3H3;1H. The highest BCUT2D eigenvalue weighted by atomic mass is 35.5. The molecule has 2 N–H and O–H groups in total. The van der Waals surface area contributed by atoms with Gasteiger partial charge in [-0.05, 0) is 13.3 Å². The Morgan fingerprint density at radius 2 is 2.07 bits per heavy atom. The van der Waals surface area contributed by atoms with Crippen LogP contribution in [0.15, 0.2) is 0 Å². The molecule has 15 heavy (non-hydrogen) atoms. The number of amides is 1. The van der Waals surface area contributed by atoms with Crippen molar-refractivity contribution >= 4 is 18.3 Å². The summed E-state index contributed by atoms with van der Waals surface area (Å²) in [6, 6.07) is -0.355. The van der Waals surface area contributed by atoms with Gasteiger partial charge in [0.25, 0.3) is 0 Å². The molecule has 5 heteroatoms. The topological polar surface area (TPSA) is 55.6 Å². The minimum atomic E-state index is -0.355. The molecule has 0 aliphatic heterocycles. The van der Waals surface area contributed by atoms with Gasteiger partial charge in [-0.25, -0.2) is 0 Å². The molecule has 0 rings (SSSR count). The second kappa shape index (κ2) is 10.2. The molecule has 0 heterocycles. The molecule has 1 unspecified atom stereocenters. The number of ether oxygens (including phenoxy) is 1. The van der Waals surface area contributed by atoms with Gasteiger partial charge in [-0.2, -0.15) is 0 Å². The minimum absolute atomic E-state index is 0. The number of halogens is 1. The van der Waals surface area contributed by atoms with Crippen LogP contribution in [0.4, 0.5) is 0 Å². The van der Waals surface area contributed by atoms with E-state index in [1.807, 2.05) is 13.8 Å². The lowest BCUT2D eigenvalue weighted by Crippen LogP contribution is -2.42. The minimum Gasteiger partial charge on any atom is -0.380 e. The van der Waals surface area contributed by atoms with Crippen LogP contribution in [0.25, 0.3) is 0 Å². The molecule has 0 aliphatic rings. The van der Waals surface area contributed by atoms with Gasteiger partial charge in [0.05, 0.1) is 12.6 Å². The summed E-state index contributed by atoms with van der Waals surface area (Å²) in [6.45, 7) is 5.84. The highest BCUT2D eigenvalue weighted by Crippen LogP contribution is 1.97. The van der Waals surface area contributed by atoms with Gasteiger partial charge in [-0.1, -0.05) is 13.3 Å². The maximum Gasteiger partial charge on any atom is 0.239 e. The Hall–Kier alpha value is -0.320. The normalized spacial score (nSPS) is 11.7. The van der Waals surface area contributed by atoms with Crippen molar-refractivity contribution in [1.82, 2.24) is 4.90 Å². The zero-order valence-corrected chi connectivity index (χ0v) is 10.7. The summed E-state index contributed by atoms with van der Waals surface area (Å²) in [7, 11) is 1.76. The van der Waals surface area contributed by atoms with Crippen LogP contribution in [0.3, 0.4) is 0 Å². The molecule has 92 valence electrons. The van der Waals surface area contributed by atoms with Crippen LogP contribution >= 0.6 is 12.4 Å². The maximum absolute atomic E-state index is 11.6. The Labute approximate surface area is 98.6 Å². The number of hydrogen-bond acceptors (Lipinski definition) is 3. The lowest BCUT2D eigenvalue weighted by molar-refractivity contribution is -0.132. The molecule has 4 nitrogen and oxygen atoms in total. The summed E-state index contributed by atoms with van der Waals surface area (Å²) >= 11 is 0. The van der Waals surface area contributed by atoms with Crippen LogP contribution in [-0.2, 0) is 9.53 Å². The Bertz CT molecular complexity index is 168. The van der Waals surface area contributed by atoms with Crippen LogP contribution in [0.5, 0.6) is 0 Å². The van der Waals surface area contributed by atoms with E-state index < -0.39 is 0 Å². The Morgan fingerprint density at radius 3 is 2.53 bits per heavy atom. The van der Waals surface area contributed by atoms with Crippen molar-refractivity contribution in [3.8, 4) is 0 Å². The summed E-state index contributed by atoms with van der Waals surface area (Å²) in [5.74, 6) is 0.00607. The number of hydrogen-bond donors (Lipinski definition) is 1. The molecule has 0 aromatic rings. The zero-order valence-electron chi connectivity index (χ0n) is 9.86. The van der Waals surface area contributed by atoms with E-state index in [-0.39, 0.29) is 24.4 Å². The van der Waals surface area contributed by atoms with E-state index in [1.54, 1.807) is 11.9 Å². The first-order valence-electron chi connectivity index (χ1n) is 5.21. The first-order valence-corrected chi connectivity index (χ1v) is 5.21. The van der Waals surface area contributed by atoms with Gasteiger partial charge in [-0.15, -0.1) is 12.4 Å². The Morgan fingerprint density at radius 1 is 1.47 bits per heavy atom. The second-order valence-electron chi connectivity index (χ2n) is 3.35. The predicted molar refractivity (Wildman–Crippen MR) is 64.3 cm³/mol. The quantitative estimate of drug-likeness (QED) is 0.674. The average molecular weight is 239 g/mol. The number of nitrogens with zero attached hydrogens (tertiary/aromatic N) is 1. The maximum atomic E-state index is 11.6. The molecule has 0 spiro atoms. The van der Waals surface area contributed by atoms with Gasteiger partial charge >= 0.3 is 0 Å². The predicted octanol–water partition coefficient (Wildman–Crippen LogP) is 1.03. The van der Waals surface area contributed by atoms with E-state index in [4.69, 9.17) is 10.5 Å². The van der Waals surface area contributed by atoms with Crippen molar-refractivity contribution in [3.05, 3.63) is 0 Å².